The number of ether oxygens (including phenoxy) is 3. The molecular weight excluding hydrogens is 444 g/mol. The van der Waals surface area contributed by atoms with Crippen molar-refractivity contribution >= 4 is 40.5 Å². The number of benzene rings is 1. The van der Waals surface area contributed by atoms with E-state index in [9.17, 15) is 14.4 Å². The number of hydrogen-bond donors (Lipinski definition) is 1. The molecule has 0 radical (unpaired) electrons. The zero-order valence-electron chi connectivity index (χ0n) is 18.8. The lowest BCUT2D eigenvalue weighted by Crippen LogP contribution is -2.23. The molecule has 34 heavy (non-hydrogen) atoms. The van der Waals surface area contributed by atoms with E-state index in [0.29, 0.717) is 24.5 Å². The number of nitrogens with two attached hydrogens (primary N) is 1. The second kappa shape index (κ2) is 9.77. The van der Waals surface area contributed by atoms with Gasteiger partial charge in [0.1, 0.15) is 22.9 Å². The molecule has 178 valence electrons. The summed E-state index contributed by atoms with van der Waals surface area (Å²) in [6, 6.07) is 6.91. The number of fused-ring (bicyclic) bond motifs is 1. The number of aryl methyl sites for hydroxylation is 1. The van der Waals surface area contributed by atoms with Crippen molar-refractivity contribution in [3.63, 3.8) is 0 Å². The minimum absolute atomic E-state index is 0.0174. The van der Waals surface area contributed by atoms with Crippen LogP contribution in [0.4, 0.5) is 11.5 Å². The molecule has 0 saturated carbocycles. The maximum Gasteiger partial charge on any atom is 0.344 e. The van der Waals surface area contributed by atoms with Gasteiger partial charge in [-0.25, -0.2) is 14.6 Å². The highest BCUT2D eigenvalue weighted by Crippen LogP contribution is 2.29. The second-order valence-electron chi connectivity index (χ2n) is 7.55. The second-order valence-corrected chi connectivity index (χ2v) is 7.55. The Hall–Kier alpha value is -4.15. The molecule has 1 aliphatic heterocycles. The van der Waals surface area contributed by atoms with E-state index in [1.807, 2.05) is 0 Å². The zero-order chi connectivity index (χ0) is 24.2. The number of nitrogen functional groups attached to an aromatic ring is 1. The number of amides is 1. The fourth-order valence-electron chi connectivity index (χ4n) is 3.67. The van der Waals surface area contributed by atoms with Crippen LogP contribution in [-0.2, 0) is 25.7 Å². The van der Waals surface area contributed by atoms with Crippen LogP contribution in [0.1, 0.15) is 41.7 Å². The van der Waals surface area contributed by atoms with Gasteiger partial charge in [-0.2, -0.15) is 4.98 Å². The quantitative estimate of drug-likeness (QED) is 0.489. The minimum Gasteiger partial charge on any atom is -0.482 e. The van der Waals surface area contributed by atoms with Gasteiger partial charge >= 0.3 is 11.9 Å². The fraction of sp³-hybridized carbons (Fsp3) is 0.348. The summed E-state index contributed by atoms with van der Waals surface area (Å²) < 4.78 is 21.2. The van der Waals surface area contributed by atoms with Crippen molar-refractivity contribution < 1.29 is 33.0 Å². The van der Waals surface area contributed by atoms with Gasteiger partial charge < -0.3 is 29.3 Å². The molecule has 0 bridgehead atoms. The van der Waals surface area contributed by atoms with E-state index in [1.54, 1.807) is 43.0 Å². The third-order valence-corrected chi connectivity index (χ3v) is 5.22. The van der Waals surface area contributed by atoms with Crippen LogP contribution in [0.5, 0.6) is 5.75 Å². The molecule has 3 heterocycles. The van der Waals surface area contributed by atoms with E-state index >= 15 is 0 Å². The molecule has 0 spiro atoms. The first-order valence-corrected chi connectivity index (χ1v) is 10.8. The molecule has 2 aromatic heterocycles. The van der Waals surface area contributed by atoms with Crippen LogP contribution in [0.3, 0.4) is 0 Å². The molecule has 1 aliphatic rings. The van der Waals surface area contributed by atoms with Gasteiger partial charge in [0, 0.05) is 18.7 Å². The molecule has 4 rings (SSSR count). The molecule has 0 unspecified atom stereocenters. The number of esters is 2. The first-order chi connectivity index (χ1) is 16.4. The van der Waals surface area contributed by atoms with Crippen LogP contribution in [-0.4, -0.2) is 47.6 Å². The summed E-state index contributed by atoms with van der Waals surface area (Å²) in [5.74, 6) is -0.218. The van der Waals surface area contributed by atoms with E-state index in [2.05, 4.69) is 9.97 Å². The van der Waals surface area contributed by atoms with Gasteiger partial charge in [0.05, 0.1) is 12.0 Å². The predicted molar refractivity (Wildman–Crippen MR) is 120 cm³/mol. The van der Waals surface area contributed by atoms with Gasteiger partial charge in [0.15, 0.2) is 19.0 Å². The summed E-state index contributed by atoms with van der Waals surface area (Å²) >= 11 is 0. The molecule has 11 heteroatoms. The van der Waals surface area contributed by atoms with Gasteiger partial charge in [-0.3, -0.25) is 4.79 Å². The van der Waals surface area contributed by atoms with E-state index in [0.717, 1.165) is 12.1 Å². The Morgan fingerprint density at radius 2 is 1.94 bits per heavy atom. The van der Waals surface area contributed by atoms with E-state index in [1.165, 1.54) is 0 Å². The molecule has 11 nitrogen and oxygen atoms in total. The van der Waals surface area contributed by atoms with Crippen LogP contribution in [0, 0.1) is 6.92 Å². The standard InChI is InChI=1S/C23H24N4O7/c1-3-31-23(30)19-13(2)34-22-20(19)21(24)25-16(26-22)11-33-18(29)12-32-15-8-6-14(7-9-15)27-10-4-5-17(27)28/h6-9H,3-5,10-12H2,1-2H3,(H2,24,25,26). The number of hydrogen-bond acceptors (Lipinski definition) is 10. The molecule has 1 fully saturated rings. The Morgan fingerprint density at radius 3 is 2.62 bits per heavy atom. The number of anilines is 2. The Kier molecular flexibility index (Phi) is 6.62. The van der Waals surface area contributed by atoms with Crippen LogP contribution < -0.4 is 15.4 Å². The average Bonchev–Trinajstić information content (AvgIpc) is 3.39. The SMILES string of the molecule is CCOC(=O)c1c(C)oc2nc(COC(=O)COc3ccc(N4CCCC4=O)cc3)nc(N)c12. The molecule has 3 aromatic rings. The maximum atomic E-state index is 12.2. The first-order valence-electron chi connectivity index (χ1n) is 10.8. The molecule has 0 aliphatic carbocycles. The Balaban J connectivity index is 1.34. The van der Waals surface area contributed by atoms with Crippen LogP contribution in [0.2, 0.25) is 0 Å². The molecule has 1 saturated heterocycles. The number of carbonyl (C=O) groups excluding carboxylic acids is 3. The number of carbonyl (C=O) groups is 3. The van der Waals surface area contributed by atoms with E-state index in [-0.39, 0.29) is 54.0 Å². The largest absolute Gasteiger partial charge is 0.482 e. The number of aromatic nitrogens is 2. The minimum atomic E-state index is -0.635. The molecule has 1 aromatic carbocycles. The lowest BCUT2D eigenvalue weighted by Gasteiger charge is -2.16. The normalized spacial score (nSPS) is 13.4. The van der Waals surface area contributed by atoms with Crippen molar-refractivity contribution in [3.8, 4) is 5.75 Å². The summed E-state index contributed by atoms with van der Waals surface area (Å²) in [6.07, 6.45) is 1.40. The summed E-state index contributed by atoms with van der Waals surface area (Å²) in [6.45, 7) is 3.60. The summed E-state index contributed by atoms with van der Waals surface area (Å²) in [5, 5.41) is 0.258. The highest BCUT2D eigenvalue weighted by atomic mass is 16.6. The molecule has 0 atom stereocenters. The summed E-state index contributed by atoms with van der Waals surface area (Å²) in [5.41, 5.74) is 7.07. The predicted octanol–water partition coefficient (Wildman–Crippen LogP) is 2.54. The lowest BCUT2D eigenvalue weighted by atomic mass is 10.2. The molecule has 1 amide bonds. The van der Waals surface area contributed by atoms with Crippen molar-refractivity contribution in [1.29, 1.82) is 0 Å². The smallest absolute Gasteiger partial charge is 0.344 e. The highest BCUT2D eigenvalue weighted by molar-refractivity contribution is 6.07. The average molecular weight is 468 g/mol. The first kappa shape index (κ1) is 23.0. The summed E-state index contributed by atoms with van der Waals surface area (Å²) in [7, 11) is 0. The monoisotopic (exact) mass is 468 g/mol. The van der Waals surface area contributed by atoms with E-state index < -0.39 is 11.9 Å². The topological polar surface area (TPSA) is 147 Å². The number of rotatable bonds is 8. The Bertz CT molecular complexity index is 1240. The van der Waals surface area contributed by atoms with Gasteiger partial charge in [-0.1, -0.05) is 0 Å². The third-order valence-electron chi connectivity index (χ3n) is 5.22. The van der Waals surface area contributed by atoms with Crippen LogP contribution in [0.25, 0.3) is 11.1 Å². The number of nitrogens with zero attached hydrogens (tertiary/aromatic N) is 3. The van der Waals surface area contributed by atoms with Crippen molar-refractivity contribution in [2.75, 3.05) is 30.4 Å². The highest BCUT2D eigenvalue weighted by Gasteiger charge is 2.24. The fourth-order valence-corrected chi connectivity index (χ4v) is 3.67. The van der Waals surface area contributed by atoms with Crippen LogP contribution >= 0.6 is 0 Å². The number of furan rings is 1. The van der Waals surface area contributed by atoms with Crippen LogP contribution in [0.15, 0.2) is 28.7 Å². The lowest BCUT2D eigenvalue weighted by molar-refractivity contribution is -0.147. The van der Waals surface area contributed by atoms with Gasteiger partial charge in [-0.15, -0.1) is 0 Å². The van der Waals surface area contributed by atoms with Crippen molar-refractivity contribution in [1.82, 2.24) is 9.97 Å². The summed E-state index contributed by atoms with van der Waals surface area (Å²) in [4.78, 5) is 46.1. The molecule has 2 N–H and O–H groups in total. The van der Waals surface area contributed by atoms with Crippen molar-refractivity contribution in [2.45, 2.75) is 33.3 Å². The van der Waals surface area contributed by atoms with Gasteiger partial charge in [0.2, 0.25) is 11.6 Å². The van der Waals surface area contributed by atoms with Crippen molar-refractivity contribution in [3.05, 3.63) is 41.4 Å². The Morgan fingerprint density at radius 1 is 1.18 bits per heavy atom. The van der Waals surface area contributed by atoms with E-state index in [4.69, 9.17) is 24.4 Å². The van der Waals surface area contributed by atoms with Gasteiger partial charge in [0.25, 0.3) is 0 Å². The molecular formula is C23H24N4O7. The third kappa shape index (κ3) is 4.77. The Labute approximate surface area is 194 Å². The maximum absolute atomic E-state index is 12.2. The van der Waals surface area contributed by atoms with Crippen molar-refractivity contribution in [2.24, 2.45) is 0 Å². The zero-order valence-corrected chi connectivity index (χ0v) is 18.8. The van der Waals surface area contributed by atoms with Gasteiger partial charge in [-0.05, 0) is 44.5 Å².